The van der Waals surface area contributed by atoms with Gasteiger partial charge in [-0.05, 0) is 0 Å². The molecule has 180 valence electrons. The molecular formula is C19H34B3N5O3S3. The third-order valence-corrected chi connectivity index (χ3v) is 6.88. The first kappa shape index (κ1) is 32.0. The Morgan fingerprint density at radius 3 is 1.94 bits per heavy atom. The number of thiol groups is 1. The van der Waals surface area contributed by atoms with Gasteiger partial charge in [-0.1, -0.05) is 0 Å². The number of thioether (sulfide) groups is 2. The van der Waals surface area contributed by atoms with Gasteiger partial charge in [-0.3, -0.25) is 0 Å². The van der Waals surface area contributed by atoms with Crippen molar-refractivity contribution in [3.63, 3.8) is 0 Å². The summed E-state index contributed by atoms with van der Waals surface area (Å²) in [6.07, 6.45) is 3.01. The molecule has 0 aromatic heterocycles. The molecule has 0 aliphatic carbocycles. The minimum atomic E-state index is -0.134. The Morgan fingerprint density at radius 1 is 0.848 bits per heavy atom. The summed E-state index contributed by atoms with van der Waals surface area (Å²) in [6, 6.07) is 0. The Kier molecular flexibility index (Phi) is 20.9. The van der Waals surface area contributed by atoms with Gasteiger partial charge in [-0.15, -0.1) is 0 Å². The SMILES string of the molecule is B=NCC(=O)C(CCS)CCSCCN(CCSCCN(C=C)C(=O)CN=B)C(=O)CN=B. The Labute approximate surface area is 214 Å². The van der Waals surface area contributed by atoms with E-state index in [-0.39, 0.29) is 43.1 Å². The number of Topliss-reactive ketones (excluding diaryl/α,β-unsaturated/α-hetero) is 1. The Hall–Kier alpha value is -1.01. The van der Waals surface area contributed by atoms with Gasteiger partial charge in [0.05, 0.1) is 0 Å². The molecule has 0 aromatic carbocycles. The van der Waals surface area contributed by atoms with Crippen molar-refractivity contribution in [2.75, 3.05) is 68.0 Å². The molecule has 0 aromatic rings. The first-order valence-electron chi connectivity index (χ1n) is 10.7. The van der Waals surface area contributed by atoms with Gasteiger partial charge in [0.1, 0.15) is 0 Å². The van der Waals surface area contributed by atoms with Crippen LogP contribution in [-0.2, 0) is 14.4 Å². The van der Waals surface area contributed by atoms with Crippen molar-refractivity contribution in [2.45, 2.75) is 12.8 Å². The van der Waals surface area contributed by atoms with E-state index in [4.69, 9.17) is 0 Å². The molecule has 0 N–H and O–H groups in total. The van der Waals surface area contributed by atoms with E-state index < -0.39 is 0 Å². The second-order valence-corrected chi connectivity index (χ2v) is 9.88. The first-order valence-corrected chi connectivity index (χ1v) is 13.7. The zero-order valence-electron chi connectivity index (χ0n) is 19.4. The summed E-state index contributed by atoms with van der Waals surface area (Å²) < 4.78 is 0. The number of hydrogen-bond acceptors (Lipinski definition) is 9. The summed E-state index contributed by atoms with van der Waals surface area (Å²) in [5.74, 6) is 3.65. The molecule has 14 heteroatoms. The molecule has 0 spiro atoms. The fourth-order valence-corrected chi connectivity index (χ4v) is 5.06. The topological polar surface area (TPSA) is 94.8 Å². The van der Waals surface area contributed by atoms with E-state index in [1.165, 1.54) is 11.1 Å². The third-order valence-electron chi connectivity index (χ3n) is 4.69. The molecular weight excluding hydrogens is 475 g/mol. The summed E-state index contributed by atoms with van der Waals surface area (Å²) in [7, 11) is 10.1. The van der Waals surface area contributed by atoms with Crippen LogP contribution in [0.1, 0.15) is 12.8 Å². The molecule has 0 aliphatic rings. The molecule has 1 atom stereocenters. The number of carbonyl (C=O) groups excluding carboxylic acids is 3. The number of carbonyl (C=O) groups is 3. The molecule has 0 radical (unpaired) electrons. The van der Waals surface area contributed by atoms with Crippen molar-refractivity contribution in [2.24, 2.45) is 20.6 Å². The molecule has 2 amide bonds. The number of hydrogen-bond donors (Lipinski definition) is 1. The summed E-state index contributed by atoms with van der Waals surface area (Å²) in [6.45, 7) is 5.66. The van der Waals surface area contributed by atoms with Gasteiger partial charge in [-0.25, -0.2) is 0 Å². The predicted octanol–water partition coefficient (Wildman–Crippen LogP) is 0.402. The number of nitrogens with zero attached hydrogens (tertiary/aromatic N) is 5. The van der Waals surface area contributed by atoms with E-state index >= 15 is 0 Å². The third kappa shape index (κ3) is 15.5. The maximum absolute atomic E-state index is 12.4. The van der Waals surface area contributed by atoms with Crippen molar-refractivity contribution in [1.29, 1.82) is 0 Å². The van der Waals surface area contributed by atoms with Crippen LogP contribution in [-0.4, -0.2) is 118 Å². The quantitative estimate of drug-likeness (QED) is 0.130. The molecule has 0 aliphatic heterocycles. The number of rotatable bonds is 22. The van der Waals surface area contributed by atoms with Crippen LogP contribution < -0.4 is 0 Å². The Balaban J connectivity index is 4.39. The molecule has 0 fully saturated rings. The van der Waals surface area contributed by atoms with E-state index in [9.17, 15) is 14.4 Å². The minimum absolute atomic E-state index is 0.0381. The van der Waals surface area contributed by atoms with Gasteiger partial charge in [0.25, 0.3) is 0 Å². The van der Waals surface area contributed by atoms with E-state index in [1.807, 2.05) is 0 Å². The second kappa shape index (κ2) is 21.5. The van der Waals surface area contributed by atoms with Gasteiger partial charge in [0, 0.05) is 0 Å². The van der Waals surface area contributed by atoms with Gasteiger partial charge in [0.2, 0.25) is 0 Å². The van der Waals surface area contributed by atoms with Crippen molar-refractivity contribution >= 4 is 76.7 Å². The van der Waals surface area contributed by atoms with Gasteiger partial charge >= 0.3 is 215 Å². The molecule has 1 unspecified atom stereocenters. The van der Waals surface area contributed by atoms with Crippen LogP contribution in [0, 0.1) is 5.92 Å². The van der Waals surface area contributed by atoms with Gasteiger partial charge in [0.15, 0.2) is 0 Å². The normalized spacial score (nSPS) is 11.2. The summed E-state index contributed by atoms with van der Waals surface area (Å²) >= 11 is 7.63. The van der Waals surface area contributed by atoms with Crippen LogP contribution in [0.2, 0.25) is 0 Å². The van der Waals surface area contributed by atoms with Crippen LogP contribution >= 0.6 is 36.2 Å². The molecule has 0 heterocycles. The summed E-state index contributed by atoms with van der Waals surface area (Å²) in [5, 5.41) is 0. The van der Waals surface area contributed by atoms with Crippen LogP contribution in [0.25, 0.3) is 0 Å². The fourth-order valence-electron chi connectivity index (χ4n) is 2.86. The van der Waals surface area contributed by atoms with Crippen molar-refractivity contribution < 1.29 is 14.4 Å². The molecule has 8 nitrogen and oxygen atoms in total. The molecule has 33 heavy (non-hydrogen) atoms. The van der Waals surface area contributed by atoms with Crippen molar-refractivity contribution in [3.8, 4) is 0 Å². The van der Waals surface area contributed by atoms with Crippen molar-refractivity contribution in [3.05, 3.63) is 12.8 Å². The van der Waals surface area contributed by atoms with E-state index in [0.29, 0.717) is 25.4 Å². The van der Waals surface area contributed by atoms with Gasteiger partial charge < -0.3 is 0 Å². The molecule has 0 bridgehead atoms. The van der Waals surface area contributed by atoms with E-state index in [2.05, 4.69) is 56.8 Å². The fraction of sp³-hybridized carbons (Fsp3) is 0.737. The Morgan fingerprint density at radius 2 is 1.39 bits per heavy atom. The number of ketones is 1. The standard InChI is InChI=1S/C19H34B3N5O3S3/c1-2-26(18(29)14-24-21)5-10-33-12-7-27(19(30)15-25-22)6-11-32-9-4-16(3-8-31)17(28)13-23-20/h2,16,20-22,31H,1,3-15H2. The first-order chi connectivity index (χ1) is 15.9. The molecule has 0 rings (SSSR count). The molecule has 0 saturated heterocycles. The summed E-state index contributed by atoms with van der Waals surface area (Å²) in [5.41, 5.74) is 0. The van der Waals surface area contributed by atoms with E-state index in [1.54, 1.807) is 28.4 Å². The maximum atomic E-state index is 12.4. The average molecular weight is 509 g/mol. The number of amides is 2. The Bertz CT molecular complexity index is 661. The zero-order chi connectivity index (χ0) is 24.9. The monoisotopic (exact) mass is 509 g/mol. The molecule has 0 saturated carbocycles. The zero-order valence-corrected chi connectivity index (χ0v) is 21.9. The van der Waals surface area contributed by atoms with E-state index in [0.717, 1.165) is 35.9 Å². The van der Waals surface area contributed by atoms with Crippen LogP contribution in [0.4, 0.5) is 0 Å². The second-order valence-electron chi connectivity index (χ2n) is 6.98. The van der Waals surface area contributed by atoms with Gasteiger partial charge in [-0.2, -0.15) is 0 Å². The van der Waals surface area contributed by atoms with Crippen LogP contribution in [0.3, 0.4) is 0 Å². The summed E-state index contributed by atoms with van der Waals surface area (Å²) in [4.78, 5) is 50.6. The average Bonchev–Trinajstić information content (AvgIpc) is 2.79. The van der Waals surface area contributed by atoms with Crippen LogP contribution in [0.5, 0.6) is 0 Å². The predicted molar refractivity (Wildman–Crippen MR) is 148 cm³/mol. The van der Waals surface area contributed by atoms with Crippen LogP contribution in [0.15, 0.2) is 27.5 Å². The van der Waals surface area contributed by atoms with Crippen molar-refractivity contribution in [1.82, 2.24) is 9.80 Å².